The molecule has 6 heteroatoms. The van der Waals surface area contributed by atoms with Crippen molar-refractivity contribution in [2.75, 3.05) is 26.3 Å². The third-order valence-electron chi connectivity index (χ3n) is 6.96. The highest BCUT2D eigenvalue weighted by molar-refractivity contribution is 5.87. The van der Waals surface area contributed by atoms with Crippen molar-refractivity contribution in [2.24, 2.45) is 4.99 Å². The number of nitrogens with zero attached hydrogens (tertiary/aromatic N) is 2. The van der Waals surface area contributed by atoms with Crippen LogP contribution in [0.5, 0.6) is 0 Å². The highest BCUT2D eigenvalue weighted by atomic mass is 16.6. The molecule has 1 heterocycles. The lowest BCUT2D eigenvalue weighted by Gasteiger charge is -2.22. The van der Waals surface area contributed by atoms with Gasteiger partial charge in [-0.25, -0.2) is 4.99 Å². The summed E-state index contributed by atoms with van der Waals surface area (Å²) in [7, 11) is 0. The van der Waals surface area contributed by atoms with Gasteiger partial charge in [0, 0.05) is 0 Å². The molecule has 0 saturated heterocycles. The Hall–Kier alpha value is -1.43. The van der Waals surface area contributed by atoms with Crippen LogP contribution in [-0.2, 0) is 9.47 Å². The molecule has 2 amide bonds. The monoisotopic (exact) mass is 495 g/mol. The van der Waals surface area contributed by atoms with Crippen molar-refractivity contribution in [2.45, 2.75) is 142 Å². The van der Waals surface area contributed by atoms with Crippen molar-refractivity contribution in [3.8, 4) is 0 Å². The van der Waals surface area contributed by atoms with Crippen molar-refractivity contribution >= 4 is 18.5 Å². The maximum Gasteiger partial charge on any atom is 0.532 e. The van der Waals surface area contributed by atoms with Gasteiger partial charge in [-0.1, -0.05) is 134 Å². The number of ether oxygens (including phenoxy) is 2. The molecular weight excluding hydrogens is 440 g/mol. The molecule has 0 aliphatic carbocycles. The average Bonchev–Trinajstić information content (AvgIpc) is 3.37. The van der Waals surface area contributed by atoms with Crippen LogP contribution in [0.4, 0.5) is 9.59 Å². The average molecular weight is 496 g/mol. The molecule has 0 atom stereocenters. The van der Waals surface area contributed by atoms with Gasteiger partial charge < -0.3 is 9.47 Å². The molecule has 1 rings (SSSR count). The minimum atomic E-state index is -0.546. The molecule has 0 aromatic heterocycles. The van der Waals surface area contributed by atoms with Gasteiger partial charge in [-0.2, -0.15) is 9.59 Å². The predicted molar refractivity (Wildman–Crippen MR) is 145 cm³/mol. The first-order valence-corrected chi connectivity index (χ1v) is 14.9. The molecule has 1 aliphatic rings. The summed E-state index contributed by atoms with van der Waals surface area (Å²) >= 11 is 0. The van der Waals surface area contributed by atoms with Gasteiger partial charge in [0.15, 0.2) is 0 Å². The lowest BCUT2D eigenvalue weighted by molar-refractivity contribution is -0.676. The summed E-state index contributed by atoms with van der Waals surface area (Å²) in [6.07, 6.45) is 24.9. The summed E-state index contributed by atoms with van der Waals surface area (Å²) < 4.78 is 10.4. The Kier molecular flexibility index (Phi) is 19.7. The number of carbonyl (C=O) groups excluding carboxylic acids is 2. The number of rotatable bonds is 22. The van der Waals surface area contributed by atoms with E-state index in [1.165, 1.54) is 109 Å². The highest BCUT2D eigenvalue weighted by Crippen LogP contribution is 2.17. The molecule has 35 heavy (non-hydrogen) atoms. The Morgan fingerprint density at radius 2 is 0.943 bits per heavy atom. The minimum absolute atomic E-state index is 0.299. The van der Waals surface area contributed by atoms with E-state index in [0.717, 1.165) is 25.7 Å². The summed E-state index contributed by atoms with van der Waals surface area (Å²) in [5, 5.41) is 0. The van der Waals surface area contributed by atoms with E-state index in [1.807, 2.05) is 0 Å². The Morgan fingerprint density at radius 3 is 1.26 bits per heavy atom. The van der Waals surface area contributed by atoms with E-state index in [1.54, 1.807) is 0 Å². The van der Waals surface area contributed by atoms with E-state index in [2.05, 4.69) is 18.8 Å². The van der Waals surface area contributed by atoms with Crippen molar-refractivity contribution < 1.29 is 23.5 Å². The SMILES string of the molecule is CCCCCCCCCCCCOC(=O)[N+]1(C(=O)OCCCCCCCCCCCC)C=NCC1. The molecule has 0 aromatic carbocycles. The molecule has 1 aliphatic heterocycles. The molecule has 0 fully saturated rings. The van der Waals surface area contributed by atoms with Gasteiger partial charge in [0.25, 0.3) is 0 Å². The Morgan fingerprint density at radius 1 is 0.600 bits per heavy atom. The van der Waals surface area contributed by atoms with Gasteiger partial charge in [-0.05, 0) is 12.8 Å². The second kappa shape index (κ2) is 21.8. The molecule has 0 unspecified atom stereocenters. The zero-order chi connectivity index (χ0) is 25.5. The molecule has 0 saturated carbocycles. The lowest BCUT2D eigenvalue weighted by Crippen LogP contribution is -2.55. The summed E-state index contributed by atoms with van der Waals surface area (Å²) in [6, 6.07) is 0. The van der Waals surface area contributed by atoms with Crippen LogP contribution < -0.4 is 0 Å². The van der Waals surface area contributed by atoms with Crippen molar-refractivity contribution in [3.05, 3.63) is 0 Å². The van der Waals surface area contributed by atoms with Crippen LogP contribution in [0.3, 0.4) is 0 Å². The maximum absolute atomic E-state index is 12.7. The number of aliphatic imine (C=N–C) groups is 1. The molecule has 0 spiro atoms. The van der Waals surface area contributed by atoms with Gasteiger partial charge in [-0.3, -0.25) is 0 Å². The van der Waals surface area contributed by atoms with E-state index < -0.39 is 16.7 Å². The zero-order valence-corrected chi connectivity index (χ0v) is 23.1. The topological polar surface area (TPSA) is 65.0 Å². The fourth-order valence-electron chi connectivity index (χ4n) is 4.55. The molecule has 0 aromatic rings. The minimum Gasteiger partial charge on any atom is -0.419 e. The second-order valence-electron chi connectivity index (χ2n) is 10.2. The van der Waals surface area contributed by atoms with Crippen LogP contribution >= 0.6 is 0 Å². The van der Waals surface area contributed by atoms with Gasteiger partial charge in [0.05, 0.1) is 19.8 Å². The van der Waals surface area contributed by atoms with Crippen molar-refractivity contribution in [1.29, 1.82) is 0 Å². The van der Waals surface area contributed by atoms with E-state index in [-0.39, 0.29) is 0 Å². The summed E-state index contributed by atoms with van der Waals surface area (Å²) in [5.74, 6) is 0. The number of hydrogen-bond acceptors (Lipinski definition) is 5. The molecule has 6 nitrogen and oxygen atoms in total. The molecule has 0 bridgehead atoms. The maximum atomic E-state index is 12.7. The zero-order valence-electron chi connectivity index (χ0n) is 23.1. The number of imide groups is 1. The van der Waals surface area contributed by atoms with E-state index in [4.69, 9.17) is 9.47 Å². The number of hydrogen-bond donors (Lipinski definition) is 0. The first-order valence-electron chi connectivity index (χ1n) is 14.9. The summed E-state index contributed by atoms with van der Waals surface area (Å²) in [4.78, 5) is 29.6. The number of carbonyl (C=O) groups is 2. The van der Waals surface area contributed by atoms with E-state index >= 15 is 0 Å². The van der Waals surface area contributed by atoms with Crippen LogP contribution in [0.1, 0.15) is 142 Å². The van der Waals surface area contributed by atoms with Crippen LogP contribution in [0.15, 0.2) is 4.99 Å². The number of amides is 2. The van der Waals surface area contributed by atoms with Gasteiger partial charge >= 0.3 is 12.2 Å². The second-order valence-corrected chi connectivity index (χ2v) is 10.2. The number of unbranched alkanes of at least 4 members (excludes halogenated alkanes) is 18. The molecule has 0 N–H and O–H groups in total. The van der Waals surface area contributed by atoms with Crippen molar-refractivity contribution in [1.82, 2.24) is 0 Å². The quantitative estimate of drug-likeness (QED) is 0.111. The molecule has 0 radical (unpaired) electrons. The third-order valence-corrected chi connectivity index (χ3v) is 6.96. The van der Waals surface area contributed by atoms with Gasteiger partial charge in [0.2, 0.25) is 6.34 Å². The summed E-state index contributed by atoms with van der Waals surface area (Å²) in [6.45, 7) is 5.95. The Bertz CT molecular complexity index is 527. The smallest absolute Gasteiger partial charge is 0.419 e. The first kappa shape index (κ1) is 31.6. The Balaban J connectivity index is 2.11. The Labute approximate surface area is 215 Å². The number of quaternary nitrogens is 1. The van der Waals surface area contributed by atoms with Gasteiger partial charge in [-0.15, -0.1) is 0 Å². The molecular formula is C29H55N2O4+. The third kappa shape index (κ3) is 14.7. The van der Waals surface area contributed by atoms with Crippen LogP contribution in [0.25, 0.3) is 0 Å². The molecule has 204 valence electrons. The standard InChI is InChI=1S/C29H55N2O4/c1-3-5-7-9-11-13-15-17-19-21-25-34-28(32)31(24-23-30-27-31)29(33)35-26-22-20-18-16-14-12-10-8-6-4-2/h27H,3-26H2,1-2H3/q+1. The van der Waals surface area contributed by atoms with Crippen LogP contribution in [0, 0.1) is 0 Å². The van der Waals surface area contributed by atoms with Crippen LogP contribution in [-0.4, -0.2) is 49.3 Å². The lowest BCUT2D eigenvalue weighted by atomic mass is 10.1. The van der Waals surface area contributed by atoms with Gasteiger partial charge in [0.1, 0.15) is 6.54 Å². The largest absolute Gasteiger partial charge is 0.532 e. The fourth-order valence-corrected chi connectivity index (χ4v) is 4.55. The first-order chi connectivity index (χ1) is 17.2. The van der Waals surface area contributed by atoms with E-state index in [0.29, 0.717) is 26.3 Å². The fraction of sp³-hybridized carbons (Fsp3) is 0.897. The van der Waals surface area contributed by atoms with Crippen LogP contribution in [0.2, 0.25) is 0 Å². The van der Waals surface area contributed by atoms with Crippen molar-refractivity contribution in [3.63, 3.8) is 0 Å². The predicted octanol–water partition coefficient (Wildman–Crippen LogP) is 8.96. The highest BCUT2D eigenvalue weighted by Gasteiger charge is 2.50. The normalized spacial score (nSPS) is 14.3. The summed E-state index contributed by atoms with van der Waals surface area (Å²) in [5.41, 5.74) is 0. The van der Waals surface area contributed by atoms with E-state index in [9.17, 15) is 9.59 Å².